The number of furan rings is 1. The summed E-state index contributed by atoms with van der Waals surface area (Å²) in [4.78, 5) is 21.2. The number of carbonyl (C=O) groups excluding carboxylic acids is 1. The smallest absolute Gasteiger partial charge is 0.377 e. The molecule has 1 N–H and O–H groups in total. The molecule has 2 rings (SSSR count). The van der Waals surface area contributed by atoms with Crippen molar-refractivity contribution in [1.82, 2.24) is 0 Å². The van der Waals surface area contributed by atoms with E-state index in [0.29, 0.717) is 0 Å². The summed E-state index contributed by atoms with van der Waals surface area (Å²) in [5.74, 6) is -1.68. The molecule has 0 aliphatic carbocycles. The number of non-ortho nitro benzene ring substituents is 1. The van der Waals surface area contributed by atoms with Crippen LogP contribution >= 0.6 is 0 Å². The molecule has 1 heterocycles. The summed E-state index contributed by atoms with van der Waals surface area (Å²) in [7, 11) is 1.14. The third kappa shape index (κ3) is 1.67. The van der Waals surface area contributed by atoms with Gasteiger partial charge in [0, 0.05) is 12.1 Å². The molecule has 7 heteroatoms. The van der Waals surface area contributed by atoms with Gasteiger partial charge in [0.05, 0.1) is 17.4 Å². The number of ether oxygens (including phenoxy) is 1. The summed E-state index contributed by atoms with van der Waals surface area (Å²) in [6, 6.07) is 3.65. The lowest BCUT2D eigenvalue weighted by Gasteiger charge is -1.93. The Bertz CT molecular complexity index is 615. The van der Waals surface area contributed by atoms with Crippen LogP contribution in [0.5, 0.6) is 5.75 Å². The SMILES string of the molecule is COC(=O)c1oc2ccc([N+](=O)[O-])cc2c1O. The van der Waals surface area contributed by atoms with E-state index in [1.54, 1.807) is 0 Å². The number of carbonyl (C=O) groups is 1. The summed E-state index contributed by atoms with van der Waals surface area (Å²) in [5, 5.41) is 20.3. The van der Waals surface area contributed by atoms with Crippen LogP contribution in [-0.4, -0.2) is 23.1 Å². The number of nitrogens with zero attached hydrogens (tertiary/aromatic N) is 1. The number of aromatic hydroxyl groups is 1. The molecule has 17 heavy (non-hydrogen) atoms. The Hall–Kier alpha value is -2.57. The molecule has 0 fully saturated rings. The van der Waals surface area contributed by atoms with E-state index in [9.17, 15) is 20.0 Å². The molecule has 0 amide bonds. The van der Waals surface area contributed by atoms with Crippen molar-refractivity contribution in [2.75, 3.05) is 7.11 Å². The number of hydrogen-bond acceptors (Lipinski definition) is 6. The summed E-state index contributed by atoms with van der Waals surface area (Å²) in [6.45, 7) is 0. The van der Waals surface area contributed by atoms with Crippen molar-refractivity contribution in [2.24, 2.45) is 0 Å². The molecule has 0 saturated heterocycles. The highest BCUT2D eigenvalue weighted by atomic mass is 16.6. The second-order valence-corrected chi connectivity index (χ2v) is 3.21. The van der Waals surface area contributed by atoms with Crippen LogP contribution in [0.1, 0.15) is 10.6 Å². The summed E-state index contributed by atoms with van der Waals surface area (Å²) in [5.41, 5.74) is -0.0292. The Morgan fingerprint density at radius 1 is 1.53 bits per heavy atom. The number of fused-ring (bicyclic) bond motifs is 1. The largest absolute Gasteiger partial charge is 0.504 e. The molecule has 0 radical (unpaired) electrons. The lowest BCUT2D eigenvalue weighted by Crippen LogP contribution is -1.98. The minimum atomic E-state index is -0.846. The van der Waals surface area contributed by atoms with Crippen LogP contribution in [0.15, 0.2) is 22.6 Å². The van der Waals surface area contributed by atoms with Crippen LogP contribution in [0.2, 0.25) is 0 Å². The van der Waals surface area contributed by atoms with E-state index in [2.05, 4.69) is 4.74 Å². The Balaban J connectivity index is 2.66. The topological polar surface area (TPSA) is 103 Å². The van der Waals surface area contributed by atoms with E-state index < -0.39 is 16.6 Å². The van der Waals surface area contributed by atoms with Crippen LogP contribution in [0.25, 0.3) is 11.0 Å². The number of methoxy groups -OCH3 is 1. The minimum Gasteiger partial charge on any atom is -0.504 e. The first kappa shape index (κ1) is 10.9. The molecule has 0 spiro atoms. The number of nitro groups is 1. The lowest BCUT2D eigenvalue weighted by atomic mass is 10.2. The van der Waals surface area contributed by atoms with E-state index in [0.717, 1.165) is 13.2 Å². The average Bonchev–Trinajstić information content (AvgIpc) is 2.65. The maximum Gasteiger partial charge on any atom is 0.377 e. The zero-order valence-electron chi connectivity index (χ0n) is 8.67. The second-order valence-electron chi connectivity index (χ2n) is 3.21. The van der Waals surface area contributed by atoms with Gasteiger partial charge in [-0.05, 0) is 6.07 Å². The van der Waals surface area contributed by atoms with Crippen LogP contribution in [-0.2, 0) is 4.74 Å². The highest BCUT2D eigenvalue weighted by molar-refractivity contribution is 5.99. The lowest BCUT2D eigenvalue weighted by molar-refractivity contribution is -0.384. The van der Waals surface area contributed by atoms with Crippen molar-refractivity contribution < 1.29 is 24.0 Å². The third-order valence-corrected chi connectivity index (χ3v) is 2.23. The van der Waals surface area contributed by atoms with Gasteiger partial charge in [-0.2, -0.15) is 0 Å². The second kappa shape index (κ2) is 3.78. The fourth-order valence-corrected chi connectivity index (χ4v) is 1.42. The summed E-state index contributed by atoms with van der Waals surface area (Å²) in [6.07, 6.45) is 0. The third-order valence-electron chi connectivity index (χ3n) is 2.23. The molecule has 0 aliphatic heterocycles. The Labute approximate surface area is 94.4 Å². The van der Waals surface area contributed by atoms with Crippen molar-refractivity contribution in [3.63, 3.8) is 0 Å². The molecule has 1 aromatic carbocycles. The van der Waals surface area contributed by atoms with Crippen molar-refractivity contribution in [2.45, 2.75) is 0 Å². The fourth-order valence-electron chi connectivity index (χ4n) is 1.42. The van der Waals surface area contributed by atoms with Gasteiger partial charge in [-0.15, -0.1) is 0 Å². The fraction of sp³-hybridized carbons (Fsp3) is 0.100. The van der Waals surface area contributed by atoms with Crippen molar-refractivity contribution >= 4 is 22.6 Å². The number of rotatable bonds is 2. The van der Waals surface area contributed by atoms with Gasteiger partial charge in [-0.3, -0.25) is 10.1 Å². The summed E-state index contributed by atoms with van der Waals surface area (Å²) < 4.78 is 9.44. The van der Waals surface area contributed by atoms with Crippen LogP contribution in [0, 0.1) is 10.1 Å². The van der Waals surface area contributed by atoms with Gasteiger partial charge >= 0.3 is 5.97 Å². The standard InChI is InChI=1S/C10H7NO6/c1-16-10(13)9-8(12)6-4-5(11(14)15)2-3-7(6)17-9/h2-4,12H,1H3. The predicted molar refractivity (Wildman–Crippen MR) is 55.9 cm³/mol. The van der Waals surface area contributed by atoms with Gasteiger partial charge < -0.3 is 14.3 Å². The van der Waals surface area contributed by atoms with E-state index in [1.807, 2.05) is 0 Å². The average molecular weight is 237 g/mol. The van der Waals surface area contributed by atoms with Gasteiger partial charge in [0.25, 0.3) is 11.4 Å². The number of nitro benzene ring substituents is 1. The highest BCUT2D eigenvalue weighted by Crippen LogP contribution is 2.34. The van der Waals surface area contributed by atoms with E-state index in [1.165, 1.54) is 12.1 Å². The molecule has 0 atom stereocenters. The van der Waals surface area contributed by atoms with Crippen molar-refractivity contribution in [1.29, 1.82) is 0 Å². The maximum atomic E-state index is 11.2. The zero-order valence-corrected chi connectivity index (χ0v) is 8.67. The van der Waals surface area contributed by atoms with Gasteiger partial charge in [0.2, 0.25) is 0 Å². The monoisotopic (exact) mass is 237 g/mol. The Morgan fingerprint density at radius 2 is 2.24 bits per heavy atom. The Kier molecular flexibility index (Phi) is 2.43. The number of benzene rings is 1. The molecule has 0 unspecified atom stereocenters. The first-order chi connectivity index (χ1) is 8.04. The van der Waals surface area contributed by atoms with Crippen molar-refractivity contribution in [3.8, 4) is 5.75 Å². The summed E-state index contributed by atoms with van der Waals surface area (Å²) >= 11 is 0. The van der Waals surface area contributed by atoms with Gasteiger partial charge in [-0.25, -0.2) is 4.79 Å². The molecule has 0 bridgehead atoms. The number of esters is 1. The van der Waals surface area contributed by atoms with E-state index in [4.69, 9.17) is 4.42 Å². The van der Waals surface area contributed by atoms with E-state index >= 15 is 0 Å². The highest BCUT2D eigenvalue weighted by Gasteiger charge is 2.22. The van der Waals surface area contributed by atoms with E-state index in [-0.39, 0.29) is 22.4 Å². The molecule has 0 aliphatic rings. The molecule has 2 aromatic rings. The minimum absolute atomic E-state index is 0.0969. The van der Waals surface area contributed by atoms with Gasteiger partial charge in [0.1, 0.15) is 5.58 Å². The van der Waals surface area contributed by atoms with Gasteiger partial charge in [-0.1, -0.05) is 0 Å². The predicted octanol–water partition coefficient (Wildman–Crippen LogP) is 1.83. The molecule has 0 saturated carbocycles. The van der Waals surface area contributed by atoms with Crippen LogP contribution in [0.4, 0.5) is 5.69 Å². The number of hydrogen-bond donors (Lipinski definition) is 1. The molecule has 7 nitrogen and oxygen atoms in total. The van der Waals surface area contributed by atoms with Crippen LogP contribution < -0.4 is 0 Å². The zero-order chi connectivity index (χ0) is 12.6. The quantitative estimate of drug-likeness (QED) is 0.485. The van der Waals surface area contributed by atoms with Crippen molar-refractivity contribution in [3.05, 3.63) is 34.1 Å². The molecule has 88 valence electrons. The molecular formula is C10H7NO6. The normalized spacial score (nSPS) is 10.4. The van der Waals surface area contributed by atoms with Crippen LogP contribution in [0.3, 0.4) is 0 Å². The molecular weight excluding hydrogens is 230 g/mol. The molecule has 1 aromatic heterocycles. The first-order valence-corrected chi connectivity index (χ1v) is 4.53. The first-order valence-electron chi connectivity index (χ1n) is 4.53. The van der Waals surface area contributed by atoms with Gasteiger partial charge in [0.15, 0.2) is 5.75 Å². The Morgan fingerprint density at radius 3 is 2.82 bits per heavy atom. The maximum absolute atomic E-state index is 11.2.